The third-order valence-electron chi connectivity index (χ3n) is 1.84. The number of hydrogen-bond acceptors (Lipinski definition) is 4. The van der Waals surface area contributed by atoms with Crippen LogP contribution in [0.15, 0.2) is 11.6 Å². The Hall–Kier alpha value is -0.940. The van der Waals surface area contributed by atoms with Crippen LogP contribution >= 0.6 is 11.5 Å². The fourth-order valence-electron chi connectivity index (χ4n) is 1.08. The Kier molecular flexibility index (Phi) is 5.96. The van der Waals surface area contributed by atoms with Crippen LogP contribution in [0.1, 0.15) is 26.2 Å². The van der Waals surface area contributed by atoms with Gasteiger partial charge in [0.25, 0.3) is 0 Å². The molecule has 1 heterocycles. The molecule has 1 aromatic heterocycles. The first-order valence-electron chi connectivity index (χ1n) is 5.10. The highest BCUT2D eigenvalue weighted by atomic mass is 32.1. The lowest BCUT2D eigenvalue weighted by Crippen LogP contribution is -2.18. The van der Waals surface area contributed by atoms with Gasteiger partial charge < -0.3 is 10.1 Å². The van der Waals surface area contributed by atoms with Crippen LogP contribution in [0.25, 0.3) is 0 Å². The van der Waals surface area contributed by atoms with Gasteiger partial charge in [-0.3, -0.25) is 4.79 Å². The summed E-state index contributed by atoms with van der Waals surface area (Å²) in [5, 5.41) is 4.48. The quantitative estimate of drug-likeness (QED) is 0.728. The van der Waals surface area contributed by atoms with E-state index >= 15 is 0 Å². The molecular weight excluding hydrogens is 212 g/mol. The van der Waals surface area contributed by atoms with Crippen molar-refractivity contribution in [2.24, 2.45) is 0 Å². The first kappa shape index (κ1) is 12.1. The van der Waals surface area contributed by atoms with Crippen molar-refractivity contribution in [1.82, 2.24) is 4.37 Å². The SMILES string of the molecule is CCCCCOCC(=O)Nc1cnsc1. The van der Waals surface area contributed by atoms with E-state index in [1.54, 1.807) is 11.6 Å². The molecule has 0 saturated carbocycles. The number of rotatable bonds is 7. The molecule has 1 aromatic rings. The van der Waals surface area contributed by atoms with E-state index in [0.717, 1.165) is 24.9 Å². The number of amides is 1. The molecule has 0 saturated heterocycles. The Labute approximate surface area is 93.8 Å². The minimum Gasteiger partial charge on any atom is -0.372 e. The molecule has 0 aliphatic heterocycles. The summed E-state index contributed by atoms with van der Waals surface area (Å²) in [7, 11) is 0. The second-order valence-electron chi connectivity index (χ2n) is 3.22. The zero-order valence-electron chi connectivity index (χ0n) is 8.86. The lowest BCUT2D eigenvalue weighted by atomic mass is 10.3. The van der Waals surface area contributed by atoms with Gasteiger partial charge in [-0.05, 0) is 18.0 Å². The molecule has 0 fully saturated rings. The second-order valence-corrected chi connectivity index (χ2v) is 3.88. The summed E-state index contributed by atoms with van der Waals surface area (Å²) in [6.45, 7) is 2.92. The maximum absolute atomic E-state index is 11.3. The average molecular weight is 228 g/mol. The predicted octanol–water partition coefficient (Wildman–Crippen LogP) is 2.29. The smallest absolute Gasteiger partial charge is 0.250 e. The van der Waals surface area contributed by atoms with Crippen molar-refractivity contribution >= 4 is 23.1 Å². The van der Waals surface area contributed by atoms with Gasteiger partial charge in [0.15, 0.2) is 0 Å². The molecule has 0 aliphatic rings. The molecule has 1 amide bonds. The van der Waals surface area contributed by atoms with E-state index in [9.17, 15) is 4.79 Å². The van der Waals surface area contributed by atoms with E-state index in [4.69, 9.17) is 4.74 Å². The molecule has 1 N–H and O–H groups in total. The molecule has 4 nitrogen and oxygen atoms in total. The Morgan fingerprint density at radius 1 is 1.60 bits per heavy atom. The van der Waals surface area contributed by atoms with Gasteiger partial charge in [0.2, 0.25) is 5.91 Å². The molecule has 0 radical (unpaired) electrons. The average Bonchev–Trinajstić information content (AvgIpc) is 2.70. The minimum atomic E-state index is -0.119. The number of carbonyl (C=O) groups excluding carboxylic acids is 1. The summed E-state index contributed by atoms with van der Waals surface area (Å²) >= 11 is 1.31. The summed E-state index contributed by atoms with van der Waals surface area (Å²) in [4.78, 5) is 11.3. The highest BCUT2D eigenvalue weighted by molar-refractivity contribution is 7.04. The Balaban J connectivity index is 2.04. The van der Waals surface area contributed by atoms with Crippen molar-refractivity contribution in [2.75, 3.05) is 18.5 Å². The van der Waals surface area contributed by atoms with Crippen LogP contribution in [-0.2, 0) is 9.53 Å². The summed E-state index contributed by atoms with van der Waals surface area (Å²) in [5.41, 5.74) is 0.738. The maximum atomic E-state index is 11.3. The molecular formula is C10H16N2O2S. The predicted molar refractivity (Wildman–Crippen MR) is 61.1 cm³/mol. The molecule has 84 valence electrons. The third-order valence-corrected chi connectivity index (χ3v) is 2.43. The van der Waals surface area contributed by atoms with E-state index < -0.39 is 0 Å². The van der Waals surface area contributed by atoms with Crippen LogP contribution in [0.3, 0.4) is 0 Å². The fourth-order valence-corrected chi connectivity index (χ4v) is 1.55. The fraction of sp³-hybridized carbons (Fsp3) is 0.600. The highest BCUT2D eigenvalue weighted by Crippen LogP contribution is 2.07. The summed E-state index contributed by atoms with van der Waals surface area (Å²) in [6.07, 6.45) is 4.95. The first-order chi connectivity index (χ1) is 7.33. The Bertz CT molecular complexity index is 275. The molecule has 0 atom stereocenters. The number of nitrogens with one attached hydrogen (secondary N) is 1. The second kappa shape index (κ2) is 7.36. The zero-order chi connectivity index (χ0) is 10.9. The first-order valence-corrected chi connectivity index (χ1v) is 5.93. The summed E-state index contributed by atoms with van der Waals surface area (Å²) in [6, 6.07) is 0. The maximum Gasteiger partial charge on any atom is 0.250 e. The standard InChI is InChI=1S/C10H16N2O2S/c1-2-3-4-5-14-7-10(13)12-9-6-11-15-8-9/h6,8H,2-5,7H2,1H3,(H,12,13). The van der Waals surface area contributed by atoms with Crippen molar-refractivity contribution in [1.29, 1.82) is 0 Å². The van der Waals surface area contributed by atoms with Crippen LogP contribution in [0.4, 0.5) is 5.69 Å². The van der Waals surface area contributed by atoms with Crippen molar-refractivity contribution in [3.05, 3.63) is 11.6 Å². The summed E-state index contributed by atoms with van der Waals surface area (Å²) < 4.78 is 9.10. The van der Waals surface area contributed by atoms with Gasteiger partial charge in [0, 0.05) is 12.0 Å². The van der Waals surface area contributed by atoms with Crippen molar-refractivity contribution in [3.63, 3.8) is 0 Å². The number of carbonyl (C=O) groups is 1. The van der Waals surface area contributed by atoms with E-state index in [2.05, 4.69) is 16.6 Å². The van der Waals surface area contributed by atoms with Gasteiger partial charge in [0.1, 0.15) is 6.61 Å². The van der Waals surface area contributed by atoms with Crippen molar-refractivity contribution in [3.8, 4) is 0 Å². The molecule has 0 spiro atoms. The lowest BCUT2D eigenvalue weighted by Gasteiger charge is -2.03. The van der Waals surface area contributed by atoms with Crippen molar-refractivity contribution < 1.29 is 9.53 Å². The normalized spacial score (nSPS) is 10.2. The molecule has 5 heteroatoms. The van der Waals surface area contributed by atoms with Gasteiger partial charge in [-0.2, -0.15) is 4.37 Å². The number of ether oxygens (including phenoxy) is 1. The van der Waals surface area contributed by atoms with E-state index in [0.29, 0.717) is 6.61 Å². The molecule has 0 aromatic carbocycles. The number of aromatic nitrogens is 1. The highest BCUT2D eigenvalue weighted by Gasteiger charge is 2.02. The zero-order valence-corrected chi connectivity index (χ0v) is 9.68. The van der Waals surface area contributed by atoms with Gasteiger partial charge in [0.05, 0.1) is 11.9 Å². The van der Waals surface area contributed by atoms with Gasteiger partial charge >= 0.3 is 0 Å². The van der Waals surface area contributed by atoms with Crippen LogP contribution in [-0.4, -0.2) is 23.5 Å². The minimum absolute atomic E-state index is 0.119. The number of nitrogens with zero attached hydrogens (tertiary/aromatic N) is 1. The summed E-state index contributed by atoms with van der Waals surface area (Å²) in [5.74, 6) is -0.119. The van der Waals surface area contributed by atoms with E-state index in [-0.39, 0.29) is 12.5 Å². The third kappa shape index (κ3) is 5.49. The Morgan fingerprint density at radius 3 is 3.13 bits per heavy atom. The van der Waals surface area contributed by atoms with Crippen LogP contribution in [0.5, 0.6) is 0 Å². The largest absolute Gasteiger partial charge is 0.372 e. The van der Waals surface area contributed by atoms with Gasteiger partial charge in [-0.25, -0.2) is 0 Å². The van der Waals surface area contributed by atoms with Gasteiger partial charge in [-0.15, -0.1) is 0 Å². The molecule has 15 heavy (non-hydrogen) atoms. The van der Waals surface area contributed by atoms with E-state index in [1.807, 2.05) is 0 Å². The number of anilines is 1. The van der Waals surface area contributed by atoms with Crippen LogP contribution in [0.2, 0.25) is 0 Å². The molecule has 0 aliphatic carbocycles. The number of unbranched alkanes of at least 4 members (excludes halogenated alkanes) is 2. The van der Waals surface area contributed by atoms with Crippen molar-refractivity contribution in [2.45, 2.75) is 26.2 Å². The van der Waals surface area contributed by atoms with E-state index in [1.165, 1.54) is 11.5 Å². The van der Waals surface area contributed by atoms with Crippen LogP contribution < -0.4 is 5.32 Å². The lowest BCUT2D eigenvalue weighted by molar-refractivity contribution is -0.120. The molecule has 0 bridgehead atoms. The molecule has 1 rings (SSSR count). The number of hydrogen-bond donors (Lipinski definition) is 1. The van der Waals surface area contributed by atoms with Gasteiger partial charge in [-0.1, -0.05) is 19.8 Å². The Morgan fingerprint density at radius 2 is 2.47 bits per heavy atom. The molecule has 0 unspecified atom stereocenters. The monoisotopic (exact) mass is 228 g/mol. The van der Waals surface area contributed by atoms with Crippen LogP contribution in [0, 0.1) is 0 Å². The topological polar surface area (TPSA) is 51.2 Å².